The van der Waals surface area contributed by atoms with Gasteiger partial charge in [0, 0.05) is 19.0 Å². The van der Waals surface area contributed by atoms with Crippen molar-refractivity contribution >= 4 is 11.9 Å². The molecule has 0 rings (SSSR count). The number of hydrogen-bond acceptors (Lipinski definition) is 4. The number of nitrogens with one attached hydrogen (secondary N) is 2. The lowest BCUT2D eigenvalue weighted by atomic mass is 10.2. The molecule has 0 saturated heterocycles. The molecule has 0 heterocycles. The minimum atomic E-state index is -1.00. The molecule has 6 heteroatoms. The third-order valence-electron chi connectivity index (χ3n) is 1.93. The Kier molecular flexibility index (Phi) is 9.37. The molecule has 0 radical (unpaired) electrons. The van der Waals surface area contributed by atoms with Gasteiger partial charge in [-0.15, -0.1) is 0 Å². The third-order valence-corrected chi connectivity index (χ3v) is 1.93. The molecule has 17 heavy (non-hydrogen) atoms. The van der Waals surface area contributed by atoms with Gasteiger partial charge in [-0.1, -0.05) is 13.8 Å². The van der Waals surface area contributed by atoms with Crippen molar-refractivity contribution in [2.45, 2.75) is 32.7 Å². The zero-order valence-corrected chi connectivity index (χ0v) is 10.5. The Hall–Kier alpha value is -1.14. The fourth-order valence-corrected chi connectivity index (χ4v) is 1.15. The quantitative estimate of drug-likeness (QED) is 0.472. The van der Waals surface area contributed by atoms with Crippen molar-refractivity contribution in [3.8, 4) is 0 Å². The molecule has 0 aliphatic heterocycles. The molecule has 0 atom stereocenters. The summed E-state index contributed by atoms with van der Waals surface area (Å²) in [6.07, 6.45) is 1.26. The molecule has 0 aromatic heterocycles. The first-order chi connectivity index (χ1) is 8.02. The fourth-order valence-electron chi connectivity index (χ4n) is 1.15. The Morgan fingerprint density at radius 3 is 2.59 bits per heavy atom. The van der Waals surface area contributed by atoms with E-state index in [4.69, 9.17) is 9.84 Å². The highest BCUT2D eigenvalue weighted by Crippen LogP contribution is 1.88. The molecule has 0 aromatic rings. The lowest BCUT2D eigenvalue weighted by Crippen LogP contribution is -2.29. The molecular formula is C11H22N2O4. The van der Waals surface area contributed by atoms with E-state index in [0.29, 0.717) is 19.0 Å². The molecule has 0 aliphatic carbocycles. The van der Waals surface area contributed by atoms with Crippen LogP contribution in [0.15, 0.2) is 0 Å². The lowest BCUT2D eigenvalue weighted by molar-refractivity contribution is -0.142. The summed E-state index contributed by atoms with van der Waals surface area (Å²) in [6, 6.07) is 0.433. The highest BCUT2D eigenvalue weighted by molar-refractivity contribution is 5.75. The molecular weight excluding hydrogens is 224 g/mol. The Balaban J connectivity index is 3.26. The van der Waals surface area contributed by atoms with Crippen LogP contribution in [0.25, 0.3) is 0 Å². The normalized spacial score (nSPS) is 10.5. The molecule has 100 valence electrons. The van der Waals surface area contributed by atoms with Gasteiger partial charge in [0.05, 0.1) is 6.61 Å². The van der Waals surface area contributed by atoms with Crippen molar-refractivity contribution < 1.29 is 19.4 Å². The number of carboxylic acids is 1. The van der Waals surface area contributed by atoms with Gasteiger partial charge < -0.3 is 20.5 Å². The molecule has 1 amide bonds. The lowest BCUT2D eigenvalue weighted by Gasteiger charge is -2.08. The second-order valence-electron chi connectivity index (χ2n) is 4.01. The Bertz CT molecular complexity index is 232. The highest BCUT2D eigenvalue weighted by Gasteiger charge is 2.01. The molecule has 0 saturated carbocycles. The summed E-state index contributed by atoms with van der Waals surface area (Å²) in [6.45, 7) is 5.18. The van der Waals surface area contributed by atoms with E-state index in [0.717, 1.165) is 13.0 Å². The van der Waals surface area contributed by atoms with Crippen molar-refractivity contribution in [2.24, 2.45) is 0 Å². The first-order valence-electron chi connectivity index (χ1n) is 5.82. The summed E-state index contributed by atoms with van der Waals surface area (Å²) in [5, 5.41) is 14.2. The highest BCUT2D eigenvalue weighted by atomic mass is 16.5. The van der Waals surface area contributed by atoms with Gasteiger partial charge in [-0.05, 0) is 13.0 Å². The van der Waals surface area contributed by atoms with E-state index in [2.05, 4.69) is 24.5 Å². The van der Waals surface area contributed by atoms with Crippen LogP contribution in [0.1, 0.15) is 26.7 Å². The summed E-state index contributed by atoms with van der Waals surface area (Å²) in [5.74, 6) is -1.04. The van der Waals surface area contributed by atoms with E-state index in [9.17, 15) is 9.59 Å². The van der Waals surface area contributed by atoms with Crippen molar-refractivity contribution in [3.63, 3.8) is 0 Å². The zero-order chi connectivity index (χ0) is 13.1. The van der Waals surface area contributed by atoms with Gasteiger partial charge in [-0.25, -0.2) is 4.79 Å². The number of ether oxygens (including phenoxy) is 1. The van der Waals surface area contributed by atoms with Gasteiger partial charge in [-0.2, -0.15) is 0 Å². The van der Waals surface area contributed by atoms with E-state index in [1.54, 1.807) is 0 Å². The summed E-state index contributed by atoms with van der Waals surface area (Å²) in [5.41, 5.74) is 0. The summed E-state index contributed by atoms with van der Waals surface area (Å²) >= 11 is 0. The molecule has 0 bridgehead atoms. The second-order valence-corrected chi connectivity index (χ2v) is 4.01. The second kappa shape index (κ2) is 10.0. The Labute approximate surface area is 102 Å². The van der Waals surface area contributed by atoms with Gasteiger partial charge in [0.1, 0.15) is 6.61 Å². The smallest absolute Gasteiger partial charge is 0.329 e. The number of hydrogen-bond donors (Lipinski definition) is 3. The number of rotatable bonds is 10. The van der Waals surface area contributed by atoms with Crippen molar-refractivity contribution in [1.82, 2.24) is 10.6 Å². The summed E-state index contributed by atoms with van der Waals surface area (Å²) in [4.78, 5) is 21.4. The first kappa shape index (κ1) is 15.9. The largest absolute Gasteiger partial charge is 0.480 e. The zero-order valence-electron chi connectivity index (χ0n) is 10.5. The van der Waals surface area contributed by atoms with Crippen LogP contribution in [0, 0.1) is 0 Å². The molecule has 0 spiro atoms. The molecule has 0 unspecified atom stereocenters. The van der Waals surface area contributed by atoms with Crippen LogP contribution in [0.3, 0.4) is 0 Å². The van der Waals surface area contributed by atoms with Crippen LogP contribution in [-0.4, -0.2) is 49.3 Å². The maximum atomic E-state index is 11.3. The van der Waals surface area contributed by atoms with Gasteiger partial charge in [0.2, 0.25) is 5.91 Å². The Morgan fingerprint density at radius 2 is 2.00 bits per heavy atom. The topological polar surface area (TPSA) is 87.7 Å². The van der Waals surface area contributed by atoms with Crippen molar-refractivity contribution in [1.29, 1.82) is 0 Å². The van der Waals surface area contributed by atoms with Gasteiger partial charge in [0.25, 0.3) is 0 Å². The van der Waals surface area contributed by atoms with E-state index in [-0.39, 0.29) is 19.1 Å². The van der Waals surface area contributed by atoms with E-state index < -0.39 is 5.97 Å². The molecule has 0 aromatic carbocycles. The van der Waals surface area contributed by atoms with E-state index in [1.165, 1.54) is 0 Å². The average Bonchev–Trinajstić information content (AvgIpc) is 2.23. The van der Waals surface area contributed by atoms with Crippen LogP contribution in [0.2, 0.25) is 0 Å². The summed E-state index contributed by atoms with van der Waals surface area (Å²) < 4.78 is 4.78. The molecule has 6 nitrogen and oxygen atoms in total. The Morgan fingerprint density at radius 1 is 1.29 bits per heavy atom. The third kappa shape index (κ3) is 12.8. The van der Waals surface area contributed by atoms with Crippen LogP contribution >= 0.6 is 0 Å². The predicted octanol–water partition coefficient (Wildman–Crippen LogP) is -0.0180. The van der Waals surface area contributed by atoms with Crippen molar-refractivity contribution in [2.75, 3.05) is 26.3 Å². The van der Waals surface area contributed by atoms with Crippen LogP contribution in [-0.2, 0) is 14.3 Å². The fraction of sp³-hybridized carbons (Fsp3) is 0.818. The standard InChI is InChI=1S/C11H22N2O4/c1-9(2)12-5-3-4-10(14)13-6-7-17-8-11(15)16/h9,12H,3-8H2,1-2H3,(H,13,14)(H,15,16). The van der Waals surface area contributed by atoms with E-state index >= 15 is 0 Å². The van der Waals surface area contributed by atoms with Gasteiger partial charge in [0.15, 0.2) is 0 Å². The van der Waals surface area contributed by atoms with Gasteiger partial charge in [-0.3, -0.25) is 4.79 Å². The number of aliphatic carboxylic acids is 1. The van der Waals surface area contributed by atoms with Gasteiger partial charge >= 0.3 is 5.97 Å². The van der Waals surface area contributed by atoms with Crippen LogP contribution in [0.5, 0.6) is 0 Å². The minimum Gasteiger partial charge on any atom is -0.480 e. The molecule has 3 N–H and O–H groups in total. The molecule has 0 fully saturated rings. The van der Waals surface area contributed by atoms with Crippen LogP contribution < -0.4 is 10.6 Å². The number of carboxylic acid groups (broad SMARTS) is 1. The monoisotopic (exact) mass is 246 g/mol. The maximum absolute atomic E-state index is 11.3. The number of carbonyl (C=O) groups excluding carboxylic acids is 1. The maximum Gasteiger partial charge on any atom is 0.329 e. The van der Waals surface area contributed by atoms with Crippen LogP contribution in [0.4, 0.5) is 0 Å². The SMILES string of the molecule is CC(C)NCCCC(=O)NCCOCC(=O)O. The van der Waals surface area contributed by atoms with E-state index in [1.807, 2.05) is 0 Å². The minimum absolute atomic E-state index is 0.0329. The summed E-state index contributed by atoms with van der Waals surface area (Å²) in [7, 11) is 0. The number of amides is 1. The predicted molar refractivity (Wildman–Crippen MR) is 63.8 cm³/mol. The van der Waals surface area contributed by atoms with Crippen molar-refractivity contribution in [3.05, 3.63) is 0 Å². The first-order valence-corrected chi connectivity index (χ1v) is 5.82. The number of carbonyl (C=O) groups is 2. The average molecular weight is 246 g/mol. The molecule has 0 aliphatic rings.